The van der Waals surface area contributed by atoms with Crippen LogP contribution in [0.1, 0.15) is 25.3 Å². The number of nitrogens with zero attached hydrogens (tertiary/aromatic N) is 1. The van der Waals surface area contributed by atoms with Crippen LogP contribution in [0.3, 0.4) is 0 Å². The molecule has 0 unspecified atom stereocenters. The van der Waals surface area contributed by atoms with Gasteiger partial charge in [-0.3, -0.25) is 10.1 Å². The Bertz CT molecular complexity index is 336. The molecule has 0 N–H and O–H groups in total. The number of nitro benzene ring substituents is 1. The van der Waals surface area contributed by atoms with Crippen LogP contribution < -0.4 is 0 Å². The highest BCUT2D eigenvalue weighted by molar-refractivity contribution is 5.36. The molecule has 1 rings (SSSR count). The summed E-state index contributed by atoms with van der Waals surface area (Å²) in [6, 6.07) is 3.58. The van der Waals surface area contributed by atoms with Crippen molar-refractivity contribution in [2.45, 2.75) is 19.8 Å². The average molecular weight is 183 g/mol. The summed E-state index contributed by atoms with van der Waals surface area (Å²) in [6.45, 7) is 3.59. The van der Waals surface area contributed by atoms with Crippen LogP contribution in [-0.4, -0.2) is 4.92 Å². The quantitative estimate of drug-likeness (QED) is 0.522. The van der Waals surface area contributed by atoms with Gasteiger partial charge in [0, 0.05) is 12.1 Å². The average Bonchev–Trinajstić information content (AvgIpc) is 2.04. The molecule has 0 spiro atoms. The van der Waals surface area contributed by atoms with Crippen LogP contribution in [0.25, 0.3) is 0 Å². The van der Waals surface area contributed by atoms with Gasteiger partial charge in [-0.05, 0) is 17.5 Å². The van der Waals surface area contributed by atoms with Crippen molar-refractivity contribution in [3.8, 4) is 0 Å². The lowest BCUT2D eigenvalue weighted by molar-refractivity contribution is -0.385. The number of non-ortho nitro benzene ring substituents is 1. The lowest BCUT2D eigenvalue weighted by Crippen LogP contribution is -1.95. The molecule has 0 radical (unpaired) electrons. The molecule has 0 saturated heterocycles. The molecule has 0 saturated carbocycles. The van der Waals surface area contributed by atoms with Crippen LogP contribution in [0.5, 0.6) is 0 Å². The fourth-order valence-corrected chi connectivity index (χ4v) is 1.09. The highest BCUT2D eigenvalue weighted by Gasteiger charge is 2.12. The predicted octanol–water partition coefficient (Wildman–Crippen LogP) is 2.86. The molecule has 13 heavy (non-hydrogen) atoms. The molecule has 3 nitrogen and oxygen atoms in total. The van der Waals surface area contributed by atoms with Crippen molar-refractivity contribution in [2.75, 3.05) is 0 Å². The van der Waals surface area contributed by atoms with E-state index in [2.05, 4.69) is 0 Å². The molecule has 4 heteroatoms. The third-order valence-corrected chi connectivity index (χ3v) is 1.81. The van der Waals surface area contributed by atoms with Crippen LogP contribution in [0, 0.1) is 15.9 Å². The molecule has 0 heterocycles. The molecular weight excluding hydrogens is 173 g/mol. The maximum absolute atomic E-state index is 13.1. The molecule has 0 aliphatic heterocycles. The normalized spacial score (nSPS) is 10.5. The summed E-state index contributed by atoms with van der Waals surface area (Å²) in [4.78, 5) is 9.85. The van der Waals surface area contributed by atoms with Crippen LogP contribution in [-0.2, 0) is 0 Å². The summed E-state index contributed by atoms with van der Waals surface area (Å²) in [5, 5.41) is 10.4. The SMILES string of the molecule is CC(C)c1cc([N+](=O)[O-])ccc1F. The summed E-state index contributed by atoms with van der Waals surface area (Å²) < 4.78 is 13.1. The van der Waals surface area contributed by atoms with E-state index < -0.39 is 4.92 Å². The number of hydrogen-bond acceptors (Lipinski definition) is 2. The van der Waals surface area contributed by atoms with Gasteiger partial charge in [0.2, 0.25) is 0 Å². The Morgan fingerprint density at radius 2 is 2.08 bits per heavy atom. The van der Waals surface area contributed by atoms with E-state index in [1.807, 2.05) is 0 Å². The Morgan fingerprint density at radius 3 is 2.54 bits per heavy atom. The van der Waals surface area contributed by atoms with E-state index in [-0.39, 0.29) is 17.4 Å². The lowest BCUT2D eigenvalue weighted by Gasteiger charge is -2.05. The molecular formula is C9H10FNO2. The molecule has 0 fully saturated rings. The number of benzene rings is 1. The van der Waals surface area contributed by atoms with Crippen molar-refractivity contribution in [1.82, 2.24) is 0 Å². The topological polar surface area (TPSA) is 43.1 Å². The van der Waals surface area contributed by atoms with Gasteiger partial charge in [-0.15, -0.1) is 0 Å². The number of rotatable bonds is 2. The molecule has 70 valence electrons. The summed E-state index contributed by atoms with van der Waals surface area (Å²) in [6.07, 6.45) is 0. The number of nitro groups is 1. The Hall–Kier alpha value is -1.45. The first-order chi connectivity index (χ1) is 6.02. The molecule has 1 aromatic rings. The molecule has 0 aliphatic rings. The Balaban J connectivity index is 3.19. The standard InChI is InChI=1S/C9H10FNO2/c1-6(2)8-5-7(11(12)13)3-4-9(8)10/h3-6H,1-2H3. The van der Waals surface area contributed by atoms with Crippen LogP contribution >= 0.6 is 0 Å². The van der Waals surface area contributed by atoms with Gasteiger partial charge in [-0.25, -0.2) is 4.39 Å². The first kappa shape index (κ1) is 9.64. The summed E-state index contributed by atoms with van der Waals surface area (Å²) in [5.41, 5.74) is 0.319. The minimum atomic E-state index is -0.522. The van der Waals surface area contributed by atoms with E-state index in [9.17, 15) is 14.5 Å². The van der Waals surface area contributed by atoms with Crippen molar-refractivity contribution in [3.05, 3.63) is 39.7 Å². The number of hydrogen-bond donors (Lipinski definition) is 0. The van der Waals surface area contributed by atoms with E-state index in [4.69, 9.17) is 0 Å². The predicted molar refractivity (Wildman–Crippen MR) is 47.1 cm³/mol. The largest absolute Gasteiger partial charge is 0.269 e. The summed E-state index contributed by atoms with van der Waals surface area (Å²) >= 11 is 0. The summed E-state index contributed by atoms with van der Waals surface area (Å²) in [7, 11) is 0. The zero-order valence-corrected chi connectivity index (χ0v) is 7.45. The van der Waals surface area contributed by atoms with Crippen molar-refractivity contribution in [1.29, 1.82) is 0 Å². The molecule has 0 aliphatic carbocycles. The van der Waals surface area contributed by atoms with Gasteiger partial charge < -0.3 is 0 Å². The lowest BCUT2D eigenvalue weighted by atomic mass is 10.0. The van der Waals surface area contributed by atoms with Gasteiger partial charge in [0.1, 0.15) is 5.82 Å². The minimum absolute atomic E-state index is 0.0418. The first-order valence-electron chi connectivity index (χ1n) is 3.96. The van der Waals surface area contributed by atoms with Crippen molar-refractivity contribution >= 4 is 5.69 Å². The molecule has 0 aromatic heterocycles. The zero-order chi connectivity index (χ0) is 10.0. The fourth-order valence-electron chi connectivity index (χ4n) is 1.09. The third-order valence-electron chi connectivity index (χ3n) is 1.81. The van der Waals surface area contributed by atoms with Crippen molar-refractivity contribution < 1.29 is 9.31 Å². The molecule has 0 amide bonds. The third kappa shape index (κ3) is 2.02. The van der Waals surface area contributed by atoms with E-state index in [1.54, 1.807) is 13.8 Å². The molecule has 1 aromatic carbocycles. The molecule has 0 bridgehead atoms. The zero-order valence-electron chi connectivity index (χ0n) is 7.45. The van der Waals surface area contributed by atoms with Gasteiger partial charge in [0.15, 0.2) is 0 Å². The van der Waals surface area contributed by atoms with Crippen molar-refractivity contribution in [3.63, 3.8) is 0 Å². The van der Waals surface area contributed by atoms with E-state index in [0.29, 0.717) is 5.56 Å². The maximum atomic E-state index is 13.1. The van der Waals surface area contributed by atoms with Crippen LogP contribution in [0.15, 0.2) is 18.2 Å². The highest BCUT2D eigenvalue weighted by Crippen LogP contribution is 2.23. The first-order valence-corrected chi connectivity index (χ1v) is 3.96. The van der Waals surface area contributed by atoms with Gasteiger partial charge in [0.25, 0.3) is 5.69 Å². The minimum Gasteiger partial charge on any atom is -0.258 e. The maximum Gasteiger partial charge on any atom is 0.269 e. The monoisotopic (exact) mass is 183 g/mol. The fraction of sp³-hybridized carbons (Fsp3) is 0.333. The van der Waals surface area contributed by atoms with Crippen LogP contribution in [0.4, 0.5) is 10.1 Å². The Labute approximate surface area is 75.3 Å². The van der Waals surface area contributed by atoms with Gasteiger partial charge >= 0.3 is 0 Å². The van der Waals surface area contributed by atoms with Gasteiger partial charge in [0.05, 0.1) is 4.92 Å². The second-order valence-electron chi connectivity index (χ2n) is 3.12. The number of halogens is 1. The smallest absolute Gasteiger partial charge is 0.258 e. The van der Waals surface area contributed by atoms with Gasteiger partial charge in [-0.1, -0.05) is 13.8 Å². The Morgan fingerprint density at radius 1 is 1.46 bits per heavy atom. The van der Waals surface area contributed by atoms with E-state index in [0.717, 1.165) is 6.07 Å². The van der Waals surface area contributed by atoms with Gasteiger partial charge in [-0.2, -0.15) is 0 Å². The second kappa shape index (κ2) is 3.51. The Kier molecular flexibility index (Phi) is 2.60. The molecule has 0 atom stereocenters. The van der Waals surface area contributed by atoms with Crippen molar-refractivity contribution in [2.24, 2.45) is 0 Å². The highest BCUT2D eigenvalue weighted by atomic mass is 19.1. The van der Waals surface area contributed by atoms with Crippen LogP contribution in [0.2, 0.25) is 0 Å². The van der Waals surface area contributed by atoms with E-state index in [1.165, 1.54) is 12.1 Å². The summed E-state index contributed by atoms with van der Waals surface area (Å²) in [5.74, 6) is -0.430. The second-order valence-corrected chi connectivity index (χ2v) is 3.12. The van der Waals surface area contributed by atoms with E-state index >= 15 is 0 Å².